The number of rotatable bonds is 4. The van der Waals surface area contributed by atoms with Crippen LogP contribution in [0.2, 0.25) is 0 Å². The lowest BCUT2D eigenvalue weighted by atomic mass is 10.2. The Hall–Kier alpha value is -0.240. The summed E-state index contributed by atoms with van der Waals surface area (Å²) in [4.78, 5) is 4.82. The Morgan fingerprint density at radius 3 is 2.55 bits per heavy atom. The molecule has 0 aromatic heterocycles. The Labute approximate surface area is 72.6 Å². The molecule has 0 bridgehead atoms. The van der Waals surface area contributed by atoms with Gasteiger partial charge in [0.2, 0.25) is 0 Å². The molecule has 0 unspecified atom stereocenters. The number of nitrogens with zero attached hydrogens (tertiary/aromatic N) is 1. The number of alkyl halides is 1. The second-order valence-corrected chi connectivity index (χ2v) is 3.50. The van der Waals surface area contributed by atoms with Crippen molar-refractivity contribution in [3.8, 4) is 0 Å². The Kier molecular flexibility index (Phi) is 2.77. The monoisotopic (exact) mass is 175 g/mol. The first-order chi connectivity index (χ1) is 5.23. The molecule has 1 aliphatic rings. The Bertz CT molecular complexity index is 163. The van der Waals surface area contributed by atoms with Crippen LogP contribution in [-0.4, -0.2) is 17.2 Å². The molecule has 11 heavy (non-hydrogen) atoms. The predicted octanol–water partition coefficient (Wildman–Crippen LogP) is 2.56. The molecular weight excluding hydrogens is 162 g/mol. The summed E-state index contributed by atoms with van der Waals surface area (Å²) in [7, 11) is 0. The summed E-state index contributed by atoms with van der Waals surface area (Å²) in [5.74, 6) is 0. The minimum absolute atomic E-state index is 0.135. The van der Waals surface area contributed by atoms with Crippen LogP contribution in [-0.2, 0) is 4.84 Å². The van der Waals surface area contributed by atoms with Gasteiger partial charge in [-0.15, -0.1) is 11.6 Å². The van der Waals surface area contributed by atoms with Crippen molar-refractivity contribution in [2.45, 2.75) is 38.0 Å². The lowest BCUT2D eigenvalue weighted by Crippen LogP contribution is -2.14. The van der Waals surface area contributed by atoms with Gasteiger partial charge >= 0.3 is 0 Å². The van der Waals surface area contributed by atoms with Gasteiger partial charge in [0.1, 0.15) is 6.61 Å². The number of halogens is 1. The highest BCUT2D eigenvalue weighted by Crippen LogP contribution is 2.44. The first kappa shape index (κ1) is 8.85. The Morgan fingerprint density at radius 1 is 1.55 bits per heavy atom. The van der Waals surface area contributed by atoms with E-state index in [0.29, 0.717) is 6.61 Å². The molecule has 0 aromatic rings. The maximum absolute atomic E-state index is 6.14. The van der Waals surface area contributed by atoms with E-state index in [1.165, 1.54) is 0 Å². The maximum atomic E-state index is 6.14. The largest absolute Gasteiger partial charge is 0.396 e. The molecule has 0 aliphatic heterocycles. The molecular formula is C8H14ClNO. The number of hydrogen-bond acceptors (Lipinski definition) is 2. The van der Waals surface area contributed by atoms with E-state index >= 15 is 0 Å². The van der Waals surface area contributed by atoms with E-state index in [4.69, 9.17) is 16.4 Å². The van der Waals surface area contributed by atoms with Crippen molar-refractivity contribution in [2.75, 3.05) is 6.61 Å². The summed E-state index contributed by atoms with van der Waals surface area (Å²) in [6, 6.07) is 0. The number of oxime groups is 1. The van der Waals surface area contributed by atoms with Crippen molar-refractivity contribution < 1.29 is 4.84 Å². The van der Waals surface area contributed by atoms with Gasteiger partial charge in [-0.2, -0.15) is 0 Å². The molecule has 0 radical (unpaired) electrons. The van der Waals surface area contributed by atoms with Crippen LogP contribution >= 0.6 is 11.6 Å². The quantitative estimate of drug-likeness (QED) is 0.366. The average Bonchev–Trinajstić information content (AvgIpc) is 2.71. The zero-order valence-corrected chi connectivity index (χ0v) is 7.82. The van der Waals surface area contributed by atoms with Gasteiger partial charge < -0.3 is 4.84 Å². The highest BCUT2D eigenvalue weighted by atomic mass is 35.5. The normalized spacial score (nSPS) is 21.5. The van der Waals surface area contributed by atoms with Crippen molar-refractivity contribution in [2.24, 2.45) is 5.16 Å². The van der Waals surface area contributed by atoms with Gasteiger partial charge in [-0.05, 0) is 26.2 Å². The third-order valence-electron chi connectivity index (χ3n) is 1.84. The van der Waals surface area contributed by atoms with E-state index in [2.05, 4.69) is 12.1 Å². The minimum atomic E-state index is -0.135. The molecule has 1 fully saturated rings. The SMILES string of the molecule is CCO/N=C(\CC)C1(Cl)CC1. The molecule has 0 atom stereocenters. The second-order valence-electron chi connectivity index (χ2n) is 2.77. The highest BCUT2D eigenvalue weighted by Gasteiger charge is 2.45. The van der Waals surface area contributed by atoms with Gasteiger partial charge in [0.05, 0.1) is 10.6 Å². The Morgan fingerprint density at radius 2 is 2.18 bits per heavy atom. The van der Waals surface area contributed by atoms with Gasteiger partial charge in [0, 0.05) is 0 Å². The summed E-state index contributed by atoms with van der Waals surface area (Å²) >= 11 is 6.14. The standard InChI is InChI=1S/C8H14ClNO/c1-3-7(10-11-4-2)8(9)5-6-8/h3-6H2,1-2H3/b10-7+. The lowest BCUT2D eigenvalue weighted by Gasteiger charge is -2.06. The number of hydrogen-bond donors (Lipinski definition) is 0. The zero-order valence-electron chi connectivity index (χ0n) is 7.06. The summed E-state index contributed by atoms with van der Waals surface area (Å²) in [5, 5.41) is 3.98. The summed E-state index contributed by atoms with van der Waals surface area (Å²) in [6.07, 6.45) is 2.99. The van der Waals surface area contributed by atoms with E-state index in [-0.39, 0.29) is 4.87 Å². The topological polar surface area (TPSA) is 21.6 Å². The predicted molar refractivity (Wildman–Crippen MR) is 47.2 cm³/mol. The van der Waals surface area contributed by atoms with Gasteiger partial charge in [0.15, 0.2) is 0 Å². The van der Waals surface area contributed by atoms with Crippen LogP contribution in [0.25, 0.3) is 0 Å². The fourth-order valence-corrected chi connectivity index (χ4v) is 1.27. The van der Waals surface area contributed by atoms with Crippen molar-refractivity contribution in [3.05, 3.63) is 0 Å². The smallest absolute Gasteiger partial charge is 0.114 e. The van der Waals surface area contributed by atoms with Crippen LogP contribution in [0.15, 0.2) is 5.16 Å². The van der Waals surface area contributed by atoms with Crippen molar-refractivity contribution in [1.82, 2.24) is 0 Å². The molecule has 0 heterocycles. The van der Waals surface area contributed by atoms with Gasteiger partial charge in [-0.1, -0.05) is 12.1 Å². The van der Waals surface area contributed by atoms with Crippen molar-refractivity contribution in [3.63, 3.8) is 0 Å². The van der Waals surface area contributed by atoms with Crippen LogP contribution in [0.4, 0.5) is 0 Å². The van der Waals surface area contributed by atoms with Crippen LogP contribution < -0.4 is 0 Å². The molecule has 0 spiro atoms. The molecule has 1 saturated carbocycles. The van der Waals surface area contributed by atoms with E-state index in [1.54, 1.807) is 0 Å². The first-order valence-corrected chi connectivity index (χ1v) is 4.49. The van der Waals surface area contributed by atoms with Crippen LogP contribution in [0.5, 0.6) is 0 Å². The first-order valence-electron chi connectivity index (χ1n) is 4.11. The molecule has 64 valence electrons. The van der Waals surface area contributed by atoms with E-state index in [0.717, 1.165) is 25.0 Å². The third kappa shape index (κ3) is 2.09. The van der Waals surface area contributed by atoms with E-state index < -0.39 is 0 Å². The molecule has 1 aliphatic carbocycles. The van der Waals surface area contributed by atoms with Gasteiger partial charge in [-0.25, -0.2) is 0 Å². The molecule has 0 amide bonds. The van der Waals surface area contributed by atoms with Gasteiger partial charge in [0.25, 0.3) is 0 Å². The second kappa shape index (κ2) is 3.44. The Balaban J connectivity index is 2.48. The molecule has 0 N–H and O–H groups in total. The van der Waals surface area contributed by atoms with Crippen LogP contribution in [0.1, 0.15) is 33.1 Å². The molecule has 0 aromatic carbocycles. The van der Waals surface area contributed by atoms with Gasteiger partial charge in [-0.3, -0.25) is 0 Å². The fraction of sp³-hybridized carbons (Fsp3) is 0.875. The molecule has 2 nitrogen and oxygen atoms in total. The zero-order chi connectivity index (χ0) is 8.32. The molecule has 1 rings (SSSR count). The minimum Gasteiger partial charge on any atom is -0.396 e. The molecule has 0 saturated heterocycles. The van der Waals surface area contributed by atoms with Crippen molar-refractivity contribution in [1.29, 1.82) is 0 Å². The summed E-state index contributed by atoms with van der Waals surface area (Å²) in [6.45, 7) is 4.60. The molecule has 3 heteroatoms. The fourth-order valence-electron chi connectivity index (χ4n) is 1.00. The van der Waals surface area contributed by atoms with Crippen LogP contribution in [0.3, 0.4) is 0 Å². The van der Waals surface area contributed by atoms with Crippen LogP contribution in [0, 0.1) is 0 Å². The third-order valence-corrected chi connectivity index (χ3v) is 2.44. The summed E-state index contributed by atoms with van der Waals surface area (Å²) < 4.78 is 0. The average molecular weight is 176 g/mol. The summed E-state index contributed by atoms with van der Waals surface area (Å²) in [5.41, 5.74) is 1.00. The van der Waals surface area contributed by atoms with E-state index in [1.807, 2.05) is 6.92 Å². The van der Waals surface area contributed by atoms with Crippen molar-refractivity contribution >= 4 is 17.3 Å². The van der Waals surface area contributed by atoms with E-state index in [9.17, 15) is 0 Å². The lowest BCUT2D eigenvalue weighted by molar-refractivity contribution is 0.157. The highest BCUT2D eigenvalue weighted by molar-refractivity contribution is 6.38. The maximum Gasteiger partial charge on any atom is 0.114 e.